The van der Waals surface area contributed by atoms with Crippen LogP contribution < -0.4 is 10.6 Å². The number of carbonyl (C=O) groups is 1. The third-order valence-corrected chi connectivity index (χ3v) is 3.21. The molecule has 1 aliphatic rings. The molecule has 0 heterocycles. The van der Waals surface area contributed by atoms with Gasteiger partial charge in [0.2, 0.25) is 0 Å². The first-order valence-electron chi connectivity index (χ1n) is 5.63. The Bertz CT molecular complexity index is 229. The van der Waals surface area contributed by atoms with Crippen molar-refractivity contribution in [3.63, 3.8) is 0 Å². The Morgan fingerprint density at radius 2 is 2.27 bits per heavy atom. The third-order valence-electron chi connectivity index (χ3n) is 3.21. The minimum absolute atomic E-state index is 0.0263. The summed E-state index contributed by atoms with van der Waals surface area (Å²) in [5, 5.41) is 14.5. The van der Waals surface area contributed by atoms with Gasteiger partial charge in [0.1, 0.15) is 0 Å². The van der Waals surface area contributed by atoms with Crippen LogP contribution >= 0.6 is 0 Å². The molecule has 0 radical (unpaired) electrons. The lowest BCUT2D eigenvalue weighted by atomic mass is 9.87. The fourth-order valence-corrected chi connectivity index (χ4v) is 2.06. The number of urea groups is 1. The Balaban J connectivity index is 2.38. The van der Waals surface area contributed by atoms with Crippen LogP contribution in [0.3, 0.4) is 0 Å². The Kier molecular flexibility index (Phi) is 3.97. The molecule has 1 rings (SSSR count). The van der Waals surface area contributed by atoms with E-state index in [-0.39, 0.29) is 30.1 Å². The van der Waals surface area contributed by atoms with E-state index < -0.39 is 0 Å². The zero-order valence-electron chi connectivity index (χ0n) is 9.84. The summed E-state index contributed by atoms with van der Waals surface area (Å²) < 4.78 is 0. The first-order valence-corrected chi connectivity index (χ1v) is 5.63. The largest absolute Gasteiger partial charge is 0.394 e. The second-order valence-corrected chi connectivity index (χ2v) is 5.13. The van der Waals surface area contributed by atoms with Gasteiger partial charge < -0.3 is 15.7 Å². The normalized spacial score (nSPS) is 26.0. The van der Waals surface area contributed by atoms with Crippen molar-refractivity contribution in [2.75, 3.05) is 6.61 Å². The van der Waals surface area contributed by atoms with Crippen LogP contribution in [-0.2, 0) is 0 Å². The summed E-state index contributed by atoms with van der Waals surface area (Å²) >= 11 is 0. The van der Waals surface area contributed by atoms with Crippen LogP contribution in [0.25, 0.3) is 0 Å². The van der Waals surface area contributed by atoms with Crippen molar-refractivity contribution < 1.29 is 9.90 Å². The van der Waals surface area contributed by atoms with Crippen molar-refractivity contribution >= 4 is 6.03 Å². The molecule has 0 aromatic heterocycles. The van der Waals surface area contributed by atoms with Crippen LogP contribution in [0.15, 0.2) is 0 Å². The Morgan fingerprint density at radius 3 is 2.73 bits per heavy atom. The first-order chi connectivity index (χ1) is 6.95. The zero-order valence-corrected chi connectivity index (χ0v) is 9.84. The summed E-state index contributed by atoms with van der Waals surface area (Å²) in [4.78, 5) is 11.5. The summed E-state index contributed by atoms with van der Waals surface area (Å²) in [6.07, 6.45) is 3.38. The summed E-state index contributed by atoms with van der Waals surface area (Å²) in [7, 11) is 0. The van der Waals surface area contributed by atoms with Gasteiger partial charge in [-0.1, -0.05) is 20.3 Å². The van der Waals surface area contributed by atoms with Crippen LogP contribution in [0.5, 0.6) is 0 Å². The van der Waals surface area contributed by atoms with Crippen molar-refractivity contribution in [1.82, 2.24) is 10.6 Å². The smallest absolute Gasteiger partial charge is 0.315 e. The molecular formula is C11H22N2O2. The number of aliphatic hydroxyl groups is 1. The first kappa shape index (κ1) is 12.3. The maximum absolute atomic E-state index is 11.5. The maximum atomic E-state index is 11.5. The second-order valence-electron chi connectivity index (χ2n) is 5.13. The molecule has 2 atom stereocenters. The molecule has 0 saturated heterocycles. The molecule has 4 heteroatoms. The molecule has 0 aromatic carbocycles. The van der Waals surface area contributed by atoms with Gasteiger partial charge >= 0.3 is 6.03 Å². The molecule has 2 amide bonds. The third kappa shape index (κ3) is 3.38. The number of hydrogen-bond acceptors (Lipinski definition) is 2. The number of hydrogen-bond donors (Lipinski definition) is 3. The predicted octanol–water partition coefficient (Wildman–Crippen LogP) is 1.25. The van der Waals surface area contributed by atoms with E-state index >= 15 is 0 Å². The van der Waals surface area contributed by atoms with Crippen molar-refractivity contribution in [2.45, 2.75) is 52.1 Å². The minimum Gasteiger partial charge on any atom is -0.394 e. The topological polar surface area (TPSA) is 61.4 Å². The predicted molar refractivity (Wildman–Crippen MR) is 59.6 cm³/mol. The van der Waals surface area contributed by atoms with E-state index in [4.69, 9.17) is 5.11 Å². The molecule has 0 spiro atoms. The fraction of sp³-hybridized carbons (Fsp3) is 0.909. The number of amides is 2. The summed E-state index contributed by atoms with van der Waals surface area (Å²) in [5.74, 6) is 0. The van der Waals surface area contributed by atoms with Crippen molar-refractivity contribution in [2.24, 2.45) is 5.41 Å². The number of rotatable bonds is 3. The van der Waals surface area contributed by atoms with E-state index in [0.29, 0.717) is 0 Å². The van der Waals surface area contributed by atoms with Gasteiger partial charge in [0.15, 0.2) is 0 Å². The van der Waals surface area contributed by atoms with E-state index in [0.717, 1.165) is 12.8 Å². The fourth-order valence-electron chi connectivity index (χ4n) is 2.06. The van der Waals surface area contributed by atoms with Crippen molar-refractivity contribution in [3.8, 4) is 0 Å². The highest BCUT2D eigenvalue weighted by atomic mass is 16.3. The molecule has 2 unspecified atom stereocenters. The Morgan fingerprint density at radius 1 is 1.60 bits per heavy atom. The number of aliphatic hydroxyl groups excluding tert-OH is 1. The zero-order chi connectivity index (χ0) is 11.5. The molecule has 4 nitrogen and oxygen atoms in total. The van der Waals surface area contributed by atoms with Crippen molar-refractivity contribution in [3.05, 3.63) is 0 Å². The Labute approximate surface area is 91.4 Å². The molecule has 88 valence electrons. The lowest BCUT2D eigenvalue weighted by Crippen LogP contribution is -2.49. The van der Waals surface area contributed by atoms with Gasteiger partial charge in [-0.3, -0.25) is 0 Å². The summed E-state index contributed by atoms with van der Waals surface area (Å²) in [6.45, 7) is 6.11. The van der Waals surface area contributed by atoms with E-state index in [1.54, 1.807) is 6.92 Å². The molecule has 0 bridgehead atoms. The molecule has 3 N–H and O–H groups in total. The maximum Gasteiger partial charge on any atom is 0.315 e. The van der Waals surface area contributed by atoms with Gasteiger partial charge in [0.05, 0.1) is 12.6 Å². The van der Waals surface area contributed by atoms with Gasteiger partial charge in [-0.2, -0.15) is 0 Å². The highest BCUT2D eigenvalue weighted by Gasteiger charge is 2.35. The molecule has 0 aromatic rings. The molecule has 1 fully saturated rings. The number of carbonyl (C=O) groups excluding carboxylic acids is 1. The Hall–Kier alpha value is -0.770. The van der Waals surface area contributed by atoms with Crippen LogP contribution in [0.1, 0.15) is 40.0 Å². The van der Waals surface area contributed by atoms with Gasteiger partial charge in [-0.05, 0) is 25.2 Å². The van der Waals surface area contributed by atoms with Crippen LogP contribution in [0, 0.1) is 5.41 Å². The molecular weight excluding hydrogens is 192 g/mol. The minimum atomic E-state index is -0.186. The average molecular weight is 214 g/mol. The standard InChI is InChI=1S/C11H22N2O2/c1-8(7-14)12-10(15)13-9-5-4-6-11(9,2)3/h8-9,14H,4-7H2,1-3H3,(H2,12,13,15). The monoisotopic (exact) mass is 214 g/mol. The SMILES string of the molecule is CC(CO)NC(=O)NC1CCCC1(C)C. The lowest BCUT2D eigenvalue weighted by Gasteiger charge is -2.28. The molecule has 1 saturated carbocycles. The molecule has 0 aliphatic heterocycles. The van der Waals surface area contributed by atoms with Gasteiger partial charge in [0.25, 0.3) is 0 Å². The van der Waals surface area contributed by atoms with E-state index in [1.807, 2.05) is 0 Å². The highest BCUT2D eigenvalue weighted by molar-refractivity contribution is 5.74. The summed E-state index contributed by atoms with van der Waals surface area (Å²) in [6, 6.07) is -0.102. The van der Waals surface area contributed by atoms with Gasteiger partial charge in [-0.15, -0.1) is 0 Å². The number of nitrogens with one attached hydrogen (secondary N) is 2. The second kappa shape index (κ2) is 4.84. The van der Waals surface area contributed by atoms with E-state index in [2.05, 4.69) is 24.5 Å². The van der Waals surface area contributed by atoms with Crippen LogP contribution in [0.2, 0.25) is 0 Å². The van der Waals surface area contributed by atoms with E-state index in [1.165, 1.54) is 6.42 Å². The summed E-state index contributed by atoms with van der Waals surface area (Å²) in [5.41, 5.74) is 0.194. The molecule has 15 heavy (non-hydrogen) atoms. The average Bonchev–Trinajstić information content (AvgIpc) is 2.45. The highest BCUT2D eigenvalue weighted by Crippen LogP contribution is 2.36. The van der Waals surface area contributed by atoms with Gasteiger partial charge in [-0.25, -0.2) is 4.79 Å². The van der Waals surface area contributed by atoms with E-state index in [9.17, 15) is 4.79 Å². The van der Waals surface area contributed by atoms with Crippen molar-refractivity contribution in [1.29, 1.82) is 0 Å². The molecule has 1 aliphatic carbocycles. The van der Waals surface area contributed by atoms with Crippen LogP contribution in [0.4, 0.5) is 4.79 Å². The van der Waals surface area contributed by atoms with Crippen LogP contribution in [-0.4, -0.2) is 29.8 Å². The van der Waals surface area contributed by atoms with Gasteiger partial charge in [0, 0.05) is 6.04 Å². The quantitative estimate of drug-likeness (QED) is 0.662. The lowest BCUT2D eigenvalue weighted by molar-refractivity contribution is 0.207.